The van der Waals surface area contributed by atoms with Crippen molar-refractivity contribution in [2.45, 2.75) is 13.0 Å². The molecule has 21 heavy (non-hydrogen) atoms. The van der Waals surface area contributed by atoms with E-state index in [1.54, 1.807) is 49.4 Å². The van der Waals surface area contributed by atoms with Crippen molar-refractivity contribution in [1.82, 2.24) is 0 Å². The number of halogens is 2. The van der Waals surface area contributed by atoms with Crippen LogP contribution in [0.5, 0.6) is 0 Å². The molecule has 0 aliphatic heterocycles. The molecule has 2 aromatic rings. The molecular weight excluding hydrogens is 311 g/mol. The van der Waals surface area contributed by atoms with Gasteiger partial charge in [0.25, 0.3) is 0 Å². The zero-order valence-electron chi connectivity index (χ0n) is 11.2. The number of benzene rings is 2. The molecule has 0 spiro atoms. The van der Waals surface area contributed by atoms with Crippen molar-refractivity contribution in [2.75, 3.05) is 10.6 Å². The number of hydrogen-bond donors (Lipinski definition) is 3. The monoisotopic (exact) mass is 324 g/mol. The first-order chi connectivity index (χ1) is 9.95. The summed E-state index contributed by atoms with van der Waals surface area (Å²) in [5.41, 5.74) is 1.82. The molecule has 1 atom stereocenters. The molecule has 1 unspecified atom stereocenters. The Bertz CT molecular complexity index is 643. The van der Waals surface area contributed by atoms with Crippen LogP contribution in [0.4, 0.5) is 16.2 Å². The SMILES string of the molecule is CC(O)c1ccc(NC(=O)Nc2cc(Cl)ccc2Cl)cc1. The number of aliphatic hydroxyl groups excluding tert-OH is 1. The molecule has 0 aliphatic carbocycles. The highest BCUT2D eigenvalue weighted by Gasteiger charge is 2.07. The molecule has 0 heterocycles. The minimum absolute atomic E-state index is 0.402. The lowest BCUT2D eigenvalue weighted by atomic mass is 10.1. The summed E-state index contributed by atoms with van der Waals surface area (Å²) in [5.74, 6) is 0. The Kier molecular flexibility index (Phi) is 5.07. The fraction of sp³-hybridized carbons (Fsp3) is 0.133. The van der Waals surface area contributed by atoms with Crippen LogP contribution in [0.2, 0.25) is 10.0 Å². The highest BCUT2D eigenvalue weighted by molar-refractivity contribution is 6.35. The van der Waals surface area contributed by atoms with Gasteiger partial charge in [0.15, 0.2) is 0 Å². The number of anilines is 2. The lowest BCUT2D eigenvalue weighted by Crippen LogP contribution is -2.19. The molecule has 2 amide bonds. The van der Waals surface area contributed by atoms with Crippen LogP contribution in [-0.4, -0.2) is 11.1 Å². The predicted molar refractivity (Wildman–Crippen MR) is 86.2 cm³/mol. The van der Waals surface area contributed by atoms with Crippen LogP contribution >= 0.6 is 23.2 Å². The zero-order chi connectivity index (χ0) is 15.4. The molecule has 0 radical (unpaired) electrons. The van der Waals surface area contributed by atoms with Crippen molar-refractivity contribution in [1.29, 1.82) is 0 Å². The smallest absolute Gasteiger partial charge is 0.323 e. The second-order valence-corrected chi connectivity index (χ2v) is 5.34. The van der Waals surface area contributed by atoms with Gasteiger partial charge in [0.2, 0.25) is 0 Å². The van der Waals surface area contributed by atoms with Gasteiger partial charge in [-0.15, -0.1) is 0 Å². The molecule has 0 bridgehead atoms. The van der Waals surface area contributed by atoms with E-state index in [2.05, 4.69) is 10.6 Å². The van der Waals surface area contributed by atoms with E-state index < -0.39 is 12.1 Å². The molecule has 0 saturated carbocycles. The fourth-order valence-corrected chi connectivity index (χ4v) is 2.06. The number of amides is 2. The maximum Gasteiger partial charge on any atom is 0.323 e. The summed E-state index contributed by atoms with van der Waals surface area (Å²) in [4.78, 5) is 11.9. The van der Waals surface area contributed by atoms with Gasteiger partial charge in [0, 0.05) is 10.7 Å². The Morgan fingerprint density at radius 3 is 2.38 bits per heavy atom. The van der Waals surface area contributed by atoms with E-state index in [1.807, 2.05) is 0 Å². The van der Waals surface area contributed by atoms with Gasteiger partial charge in [0.05, 0.1) is 16.8 Å². The third-order valence-corrected chi connectivity index (χ3v) is 3.39. The van der Waals surface area contributed by atoms with Crippen molar-refractivity contribution >= 4 is 40.6 Å². The van der Waals surface area contributed by atoms with E-state index in [0.717, 1.165) is 5.56 Å². The van der Waals surface area contributed by atoms with Crippen LogP contribution in [0.15, 0.2) is 42.5 Å². The topological polar surface area (TPSA) is 61.4 Å². The number of hydrogen-bond acceptors (Lipinski definition) is 2. The number of urea groups is 1. The normalized spacial score (nSPS) is 11.8. The van der Waals surface area contributed by atoms with Crippen LogP contribution in [0, 0.1) is 0 Å². The van der Waals surface area contributed by atoms with E-state index in [1.165, 1.54) is 0 Å². The third-order valence-electron chi connectivity index (χ3n) is 2.83. The molecule has 0 aromatic heterocycles. The average molecular weight is 325 g/mol. The maximum atomic E-state index is 11.9. The van der Waals surface area contributed by atoms with Crippen molar-refractivity contribution in [2.24, 2.45) is 0 Å². The summed E-state index contributed by atoms with van der Waals surface area (Å²) in [7, 11) is 0. The minimum Gasteiger partial charge on any atom is -0.389 e. The number of carbonyl (C=O) groups is 1. The lowest BCUT2D eigenvalue weighted by molar-refractivity contribution is 0.199. The maximum absolute atomic E-state index is 11.9. The van der Waals surface area contributed by atoms with Gasteiger partial charge in [-0.1, -0.05) is 35.3 Å². The first-order valence-corrected chi connectivity index (χ1v) is 7.02. The van der Waals surface area contributed by atoms with Crippen molar-refractivity contribution < 1.29 is 9.90 Å². The third kappa shape index (κ3) is 4.36. The molecular formula is C15H14Cl2N2O2. The van der Waals surface area contributed by atoms with E-state index in [0.29, 0.717) is 21.4 Å². The molecule has 6 heteroatoms. The minimum atomic E-state index is -0.543. The highest BCUT2D eigenvalue weighted by Crippen LogP contribution is 2.25. The van der Waals surface area contributed by atoms with Gasteiger partial charge in [0.1, 0.15) is 0 Å². The van der Waals surface area contributed by atoms with Gasteiger partial charge in [-0.05, 0) is 42.8 Å². The lowest BCUT2D eigenvalue weighted by Gasteiger charge is -2.10. The van der Waals surface area contributed by atoms with Crippen molar-refractivity contribution in [3.8, 4) is 0 Å². The van der Waals surface area contributed by atoms with Gasteiger partial charge >= 0.3 is 6.03 Å². The quantitative estimate of drug-likeness (QED) is 0.766. The largest absolute Gasteiger partial charge is 0.389 e. The first kappa shape index (κ1) is 15.6. The Balaban J connectivity index is 2.03. The van der Waals surface area contributed by atoms with E-state index in [-0.39, 0.29) is 0 Å². The van der Waals surface area contributed by atoms with E-state index in [4.69, 9.17) is 23.2 Å². The molecule has 2 rings (SSSR count). The Hall–Kier alpha value is -1.75. The molecule has 110 valence electrons. The van der Waals surface area contributed by atoms with Crippen LogP contribution < -0.4 is 10.6 Å². The van der Waals surface area contributed by atoms with E-state index >= 15 is 0 Å². The second kappa shape index (κ2) is 6.80. The summed E-state index contributed by atoms with van der Waals surface area (Å²) >= 11 is 11.8. The summed E-state index contributed by atoms with van der Waals surface area (Å²) < 4.78 is 0. The summed E-state index contributed by atoms with van der Waals surface area (Å²) in [5, 5.41) is 15.6. The fourth-order valence-electron chi connectivity index (χ4n) is 1.72. The van der Waals surface area contributed by atoms with Gasteiger partial charge in [-0.2, -0.15) is 0 Å². The highest BCUT2D eigenvalue weighted by atomic mass is 35.5. The predicted octanol–water partition coefficient (Wildman–Crippen LogP) is 4.69. The standard InChI is InChI=1S/C15H14Cl2N2O2/c1-9(20)10-2-5-12(6-3-10)18-15(21)19-14-8-11(16)4-7-13(14)17/h2-9,20H,1H3,(H2,18,19,21). The molecule has 3 N–H and O–H groups in total. The molecule has 0 fully saturated rings. The van der Waals surface area contributed by atoms with Crippen molar-refractivity contribution in [3.63, 3.8) is 0 Å². The summed E-state index contributed by atoms with van der Waals surface area (Å²) in [6, 6.07) is 11.3. The number of aliphatic hydroxyl groups is 1. The Morgan fingerprint density at radius 2 is 1.76 bits per heavy atom. The first-order valence-electron chi connectivity index (χ1n) is 6.27. The van der Waals surface area contributed by atoms with Gasteiger partial charge in [-0.25, -0.2) is 4.79 Å². The number of nitrogens with one attached hydrogen (secondary N) is 2. The van der Waals surface area contributed by atoms with Crippen LogP contribution in [-0.2, 0) is 0 Å². The summed E-state index contributed by atoms with van der Waals surface area (Å²) in [6.07, 6.45) is -0.543. The molecule has 2 aromatic carbocycles. The molecule has 4 nitrogen and oxygen atoms in total. The number of carbonyl (C=O) groups excluding carboxylic acids is 1. The van der Waals surface area contributed by atoms with Crippen LogP contribution in [0.25, 0.3) is 0 Å². The van der Waals surface area contributed by atoms with Crippen molar-refractivity contribution in [3.05, 3.63) is 58.1 Å². The number of rotatable bonds is 3. The van der Waals surface area contributed by atoms with Gasteiger partial charge < -0.3 is 15.7 Å². The van der Waals surface area contributed by atoms with Gasteiger partial charge in [-0.3, -0.25) is 0 Å². The summed E-state index contributed by atoms with van der Waals surface area (Å²) in [6.45, 7) is 1.68. The Labute approximate surface area is 132 Å². The van der Waals surface area contributed by atoms with E-state index in [9.17, 15) is 9.90 Å². The zero-order valence-corrected chi connectivity index (χ0v) is 12.7. The second-order valence-electron chi connectivity index (χ2n) is 4.50. The van der Waals surface area contributed by atoms with Crippen LogP contribution in [0.3, 0.4) is 0 Å². The Morgan fingerprint density at radius 1 is 1.10 bits per heavy atom. The molecule has 0 aliphatic rings. The molecule has 0 saturated heterocycles. The average Bonchev–Trinajstić information content (AvgIpc) is 2.43. The van der Waals surface area contributed by atoms with Crippen LogP contribution in [0.1, 0.15) is 18.6 Å².